The van der Waals surface area contributed by atoms with E-state index in [1.807, 2.05) is 0 Å². The average molecular weight is 395 g/mol. The molecule has 1 atom stereocenters. The molecule has 0 unspecified atom stereocenters. The summed E-state index contributed by atoms with van der Waals surface area (Å²) in [5.41, 5.74) is 0.559. The van der Waals surface area contributed by atoms with Gasteiger partial charge in [0, 0.05) is 25.0 Å². The van der Waals surface area contributed by atoms with Crippen molar-refractivity contribution in [3.05, 3.63) is 39.9 Å². The number of nitro groups is 1. The van der Waals surface area contributed by atoms with Crippen molar-refractivity contribution in [2.45, 2.75) is 31.9 Å². The number of hydrazone groups is 1. The highest BCUT2D eigenvalue weighted by atomic mass is 32.2. The molecular weight excluding hydrogens is 378 g/mol. The summed E-state index contributed by atoms with van der Waals surface area (Å²) in [6, 6.07) is 5.02. The predicted octanol–water partition coefficient (Wildman–Crippen LogP) is 0.803. The Hall–Kier alpha value is -2.82. The van der Waals surface area contributed by atoms with Gasteiger partial charge >= 0.3 is 5.97 Å². The summed E-state index contributed by atoms with van der Waals surface area (Å²) in [5, 5.41) is 15.8. The van der Waals surface area contributed by atoms with Gasteiger partial charge in [0.15, 0.2) is 9.84 Å². The first-order chi connectivity index (χ1) is 12.7. The number of rotatable bonds is 5. The van der Waals surface area contributed by atoms with Crippen LogP contribution in [0.2, 0.25) is 0 Å². The summed E-state index contributed by atoms with van der Waals surface area (Å²) in [5.74, 6) is -1.18. The minimum absolute atomic E-state index is 0.00308. The largest absolute Gasteiger partial charge is 0.456 e. The zero-order valence-electron chi connectivity index (χ0n) is 14.2. The van der Waals surface area contributed by atoms with Crippen molar-refractivity contribution in [1.82, 2.24) is 5.01 Å². The van der Waals surface area contributed by atoms with Gasteiger partial charge in [0.1, 0.15) is 12.3 Å². The average Bonchev–Trinajstić information content (AvgIpc) is 3.00. The number of benzene rings is 1. The van der Waals surface area contributed by atoms with Crippen LogP contribution in [0.4, 0.5) is 5.69 Å². The molecule has 3 rings (SSSR count). The summed E-state index contributed by atoms with van der Waals surface area (Å²) in [6.07, 6.45) is 0.471. The van der Waals surface area contributed by atoms with E-state index in [-0.39, 0.29) is 48.3 Å². The number of non-ortho nitro benzene ring substituents is 1. The van der Waals surface area contributed by atoms with E-state index in [1.54, 1.807) is 0 Å². The number of hydrogen-bond acceptors (Lipinski definition) is 8. The van der Waals surface area contributed by atoms with Gasteiger partial charge in [-0.25, -0.2) is 18.2 Å². The van der Waals surface area contributed by atoms with E-state index in [0.717, 1.165) is 5.01 Å². The molecule has 0 bridgehead atoms. The molecule has 1 aromatic rings. The van der Waals surface area contributed by atoms with Crippen LogP contribution in [0.1, 0.15) is 24.8 Å². The van der Waals surface area contributed by atoms with Crippen LogP contribution in [0.25, 0.3) is 0 Å². The molecule has 2 aliphatic heterocycles. The highest BCUT2D eigenvalue weighted by Gasteiger charge is 2.37. The molecule has 0 radical (unpaired) electrons. The van der Waals surface area contributed by atoms with E-state index in [2.05, 4.69) is 5.10 Å². The Labute approximate surface area is 154 Å². The van der Waals surface area contributed by atoms with Gasteiger partial charge in [-0.2, -0.15) is 5.10 Å². The summed E-state index contributed by atoms with van der Waals surface area (Å²) >= 11 is 0. The molecule has 0 saturated carbocycles. The Balaban J connectivity index is 1.64. The number of amides is 1. The molecule has 1 saturated heterocycles. The Morgan fingerprint density at radius 3 is 2.59 bits per heavy atom. The predicted molar refractivity (Wildman–Crippen MR) is 93.5 cm³/mol. The SMILES string of the molecule is O=C(OCc1ccc([N+](=O)[O-])cc1)C1=NN([C@H]2CCS(=O)(=O)C2)C(=O)CC1. The maximum atomic E-state index is 12.2. The topological polar surface area (TPSA) is 136 Å². The minimum Gasteiger partial charge on any atom is -0.456 e. The summed E-state index contributed by atoms with van der Waals surface area (Å²) < 4.78 is 28.4. The zero-order valence-corrected chi connectivity index (χ0v) is 15.1. The van der Waals surface area contributed by atoms with Crippen LogP contribution >= 0.6 is 0 Å². The van der Waals surface area contributed by atoms with Crippen LogP contribution in [-0.2, 0) is 30.8 Å². The second-order valence-electron chi connectivity index (χ2n) is 6.34. The number of esters is 1. The van der Waals surface area contributed by atoms with Gasteiger partial charge in [0.25, 0.3) is 5.69 Å². The molecule has 0 N–H and O–H groups in total. The van der Waals surface area contributed by atoms with Gasteiger partial charge in [-0.1, -0.05) is 0 Å². The summed E-state index contributed by atoms with van der Waals surface area (Å²) in [4.78, 5) is 34.4. The Bertz CT molecular complexity index is 908. The molecule has 1 aromatic carbocycles. The van der Waals surface area contributed by atoms with Gasteiger partial charge in [-0.15, -0.1) is 0 Å². The molecule has 27 heavy (non-hydrogen) atoms. The number of carbonyl (C=O) groups excluding carboxylic acids is 2. The lowest BCUT2D eigenvalue weighted by Crippen LogP contribution is -2.42. The quantitative estimate of drug-likeness (QED) is 0.408. The van der Waals surface area contributed by atoms with E-state index in [0.29, 0.717) is 12.0 Å². The van der Waals surface area contributed by atoms with E-state index in [1.165, 1.54) is 24.3 Å². The molecule has 2 aliphatic rings. The number of nitrogens with zero attached hydrogens (tertiary/aromatic N) is 3. The maximum Gasteiger partial charge on any atom is 0.354 e. The zero-order chi connectivity index (χ0) is 19.6. The van der Waals surface area contributed by atoms with Crippen LogP contribution in [-0.4, -0.2) is 53.5 Å². The molecule has 2 heterocycles. The lowest BCUT2D eigenvalue weighted by Gasteiger charge is -2.27. The third-order valence-electron chi connectivity index (χ3n) is 4.37. The smallest absolute Gasteiger partial charge is 0.354 e. The molecule has 1 amide bonds. The number of nitro benzene ring substituents is 1. The molecule has 10 nitrogen and oxygen atoms in total. The fourth-order valence-electron chi connectivity index (χ4n) is 2.92. The summed E-state index contributed by atoms with van der Waals surface area (Å²) in [6.45, 7) is -0.0956. The Kier molecular flexibility index (Phi) is 5.22. The first-order valence-corrected chi connectivity index (χ1v) is 10.1. The van der Waals surface area contributed by atoms with Gasteiger partial charge in [-0.3, -0.25) is 14.9 Å². The van der Waals surface area contributed by atoms with Crippen molar-refractivity contribution >= 4 is 33.1 Å². The Morgan fingerprint density at radius 2 is 2.00 bits per heavy atom. The maximum absolute atomic E-state index is 12.2. The fraction of sp³-hybridized carbons (Fsp3) is 0.438. The first kappa shape index (κ1) is 19.0. The highest BCUT2D eigenvalue weighted by Crippen LogP contribution is 2.22. The van der Waals surface area contributed by atoms with Crippen molar-refractivity contribution < 1.29 is 27.7 Å². The Morgan fingerprint density at radius 1 is 1.30 bits per heavy atom. The standard InChI is InChI=1S/C16H17N3O7S/c20-15-6-5-14(17-18(15)13-7-8-27(24,25)10-13)16(21)26-9-11-1-3-12(4-2-11)19(22)23/h1-4,13H,5-10H2/t13-/m0/s1. The number of sulfone groups is 1. The van der Waals surface area contributed by atoms with Gasteiger partial charge in [-0.05, 0) is 24.1 Å². The van der Waals surface area contributed by atoms with Crippen LogP contribution in [0.3, 0.4) is 0 Å². The van der Waals surface area contributed by atoms with E-state index >= 15 is 0 Å². The molecule has 0 spiro atoms. The minimum atomic E-state index is -3.19. The van der Waals surface area contributed by atoms with E-state index < -0.39 is 26.8 Å². The van der Waals surface area contributed by atoms with Crippen molar-refractivity contribution in [3.63, 3.8) is 0 Å². The molecule has 11 heteroatoms. The molecule has 0 aromatic heterocycles. The van der Waals surface area contributed by atoms with Gasteiger partial charge in [0.2, 0.25) is 5.91 Å². The van der Waals surface area contributed by atoms with Crippen LogP contribution in [0.5, 0.6) is 0 Å². The van der Waals surface area contributed by atoms with E-state index in [4.69, 9.17) is 4.74 Å². The van der Waals surface area contributed by atoms with Crippen molar-refractivity contribution in [2.24, 2.45) is 5.10 Å². The van der Waals surface area contributed by atoms with E-state index in [9.17, 15) is 28.1 Å². The van der Waals surface area contributed by atoms with Gasteiger partial charge in [0.05, 0.1) is 22.5 Å². The molecule has 1 fully saturated rings. The molecule has 0 aliphatic carbocycles. The van der Waals surface area contributed by atoms with Crippen molar-refractivity contribution in [2.75, 3.05) is 11.5 Å². The number of hydrogen-bond donors (Lipinski definition) is 0. The molecular formula is C16H17N3O7S. The van der Waals surface area contributed by atoms with Crippen molar-refractivity contribution in [1.29, 1.82) is 0 Å². The number of carbonyl (C=O) groups is 2. The number of ether oxygens (including phenoxy) is 1. The monoisotopic (exact) mass is 395 g/mol. The highest BCUT2D eigenvalue weighted by molar-refractivity contribution is 7.91. The van der Waals surface area contributed by atoms with Crippen LogP contribution in [0, 0.1) is 10.1 Å². The fourth-order valence-corrected chi connectivity index (χ4v) is 4.61. The first-order valence-electron chi connectivity index (χ1n) is 8.25. The molecule has 144 valence electrons. The lowest BCUT2D eigenvalue weighted by molar-refractivity contribution is -0.384. The third-order valence-corrected chi connectivity index (χ3v) is 6.12. The second kappa shape index (κ2) is 7.43. The normalized spacial score (nSPS) is 21.6. The van der Waals surface area contributed by atoms with Crippen LogP contribution < -0.4 is 0 Å². The van der Waals surface area contributed by atoms with Gasteiger partial charge < -0.3 is 4.74 Å². The third kappa shape index (κ3) is 4.48. The second-order valence-corrected chi connectivity index (χ2v) is 8.57. The summed E-state index contributed by atoms with van der Waals surface area (Å²) in [7, 11) is -3.19. The lowest BCUT2D eigenvalue weighted by atomic mass is 10.1. The van der Waals surface area contributed by atoms with Crippen LogP contribution in [0.15, 0.2) is 29.4 Å². The van der Waals surface area contributed by atoms with Crippen molar-refractivity contribution in [3.8, 4) is 0 Å².